The first-order chi connectivity index (χ1) is 7.20. The number of fused-ring (bicyclic) bond motifs is 1. The van der Waals surface area contributed by atoms with E-state index in [2.05, 4.69) is 34.2 Å². The molecule has 0 amide bonds. The van der Waals surface area contributed by atoms with Gasteiger partial charge in [0.2, 0.25) is 0 Å². The fourth-order valence-electron chi connectivity index (χ4n) is 1.99. The van der Waals surface area contributed by atoms with Gasteiger partial charge in [-0.3, -0.25) is 0 Å². The summed E-state index contributed by atoms with van der Waals surface area (Å²) in [6.45, 7) is 3.02. The minimum atomic E-state index is 0.528. The largest absolute Gasteiger partial charge is 0.493 e. The molecule has 0 spiro atoms. The van der Waals surface area contributed by atoms with Crippen molar-refractivity contribution in [2.45, 2.75) is 25.3 Å². The van der Waals surface area contributed by atoms with E-state index >= 15 is 0 Å². The van der Waals surface area contributed by atoms with Gasteiger partial charge in [-0.15, -0.1) is 0 Å². The lowest BCUT2D eigenvalue weighted by molar-refractivity contribution is 0.316. The van der Waals surface area contributed by atoms with Gasteiger partial charge >= 0.3 is 0 Å². The summed E-state index contributed by atoms with van der Waals surface area (Å²) < 4.78 is 6.80. The van der Waals surface area contributed by atoms with Gasteiger partial charge in [-0.2, -0.15) is 0 Å². The Labute approximate surface area is 99.1 Å². The van der Waals surface area contributed by atoms with Crippen LogP contribution < -0.4 is 10.1 Å². The van der Waals surface area contributed by atoms with E-state index in [0.717, 1.165) is 23.2 Å². The van der Waals surface area contributed by atoms with Crippen molar-refractivity contribution in [3.05, 3.63) is 28.2 Å². The summed E-state index contributed by atoms with van der Waals surface area (Å²) in [6, 6.07) is 6.78. The van der Waals surface area contributed by atoms with Crippen molar-refractivity contribution in [3.63, 3.8) is 0 Å². The molecule has 0 aliphatic carbocycles. The topological polar surface area (TPSA) is 21.3 Å². The Bertz CT molecular complexity index is 353. The predicted molar refractivity (Wildman–Crippen MR) is 65.5 cm³/mol. The van der Waals surface area contributed by atoms with Crippen LogP contribution in [0, 0.1) is 0 Å². The van der Waals surface area contributed by atoms with Crippen molar-refractivity contribution in [1.29, 1.82) is 0 Å². The van der Waals surface area contributed by atoms with Crippen molar-refractivity contribution in [2.75, 3.05) is 13.7 Å². The van der Waals surface area contributed by atoms with E-state index < -0.39 is 0 Å². The number of hydrogen-bond donors (Lipinski definition) is 1. The van der Waals surface area contributed by atoms with Crippen LogP contribution in [0.5, 0.6) is 5.75 Å². The van der Waals surface area contributed by atoms with Crippen LogP contribution in [0.4, 0.5) is 0 Å². The summed E-state index contributed by atoms with van der Waals surface area (Å²) in [5, 5.41) is 3.27. The molecule has 2 nitrogen and oxygen atoms in total. The molecule has 82 valence electrons. The van der Waals surface area contributed by atoms with E-state index in [9.17, 15) is 0 Å². The van der Waals surface area contributed by atoms with Crippen LogP contribution in [0.15, 0.2) is 22.7 Å². The molecule has 1 heterocycles. The van der Waals surface area contributed by atoms with Crippen LogP contribution in [0.3, 0.4) is 0 Å². The highest BCUT2D eigenvalue weighted by molar-refractivity contribution is 9.10. The van der Waals surface area contributed by atoms with Crippen molar-refractivity contribution in [1.82, 2.24) is 5.32 Å². The summed E-state index contributed by atoms with van der Waals surface area (Å²) in [4.78, 5) is 0. The van der Waals surface area contributed by atoms with Crippen molar-refractivity contribution in [2.24, 2.45) is 0 Å². The van der Waals surface area contributed by atoms with Crippen molar-refractivity contribution >= 4 is 15.9 Å². The second-order valence-electron chi connectivity index (χ2n) is 4.12. The molecule has 0 saturated carbocycles. The molecule has 1 aliphatic rings. The average molecular weight is 270 g/mol. The maximum Gasteiger partial charge on any atom is 0.123 e. The second kappa shape index (κ2) is 4.54. The number of hydrogen-bond acceptors (Lipinski definition) is 2. The lowest BCUT2D eigenvalue weighted by Crippen LogP contribution is -2.24. The predicted octanol–water partition coefficient (Wildman–Crippen LogP) is 2.92. The highest BCUT2D eigenvalue weighted by Crippen LogP contribution is 2.37. The SMILES string of the molecule is CNC(C)CC1COc2ccc(Br)cc21. The van der Waals surface area contributed by atoms with Crippen LogP contribution in [-0.4, -0.2) is 19.7 Å². The minimum Gasteiger partial charge on any atom is -0.493 e. The van der Waals surface area contributed by atoms with Gasteiger partial charge in [0.1, 0.15) is 5.75 Å². The summed E-state index contributed by atoms with van der Waals surface area (Å²) in [5.41, 5.74) is 1.34. The van der Waals surface area contributed by atoms with Gasteiger partial charge in [-0.25, -0.2) is 0 Å². The zero-order chi connectivity index (χ0) is 10.8. The zero-order valence-electron chi connectivity index (χ0n) is 9.09. The number of halogens is 1. The van der Waals surface area contributed by atoms with Gasteiger partial charge in [0.15, 0.2) is 0 Å². The van der Waals surface area contributed by atoms with E-state index in [1.165, 1.54) is 5.56 Å². The van der Waals surface area contributed by atoms with Gasteiger partial charge in [-0.05, 0) is 38.6 Å². The summed E-state index contributed by atoms with van der Waals surface area (Å²) in [6.07, 6.45) is 1.12. The fraction of sp³-hybridized carbons (Fsp3) is 0.500. The van der Waals surface area contributed by atoms with E-state index in [4.69, 9.17) is 4.74 Å². The average Bonchev–Trinajstić information content (AvgIpc) is 2.61. The third-order valence-corrected chi connectivity index (χ3v) is 3.48. The molecule has 2 unspecified atom stereocenters. The van der Waals surface area contributed by atoms with Crippen LogP contribution in [0.1, 0.15) is 24.8 Å². The first-order valence-electron chi connectivity index (χ1n) is 5.30. The Kier molecular flexibility index (Phi) is 3.32. The Morgan fingerprint density at radius 3 is 3.13 bits per heavy atom. The molecule has 3 heteroatoms. The Balaban J connectivity index is 2.16. The van der Waals surface area contributed by atoms with E-state index in [0.29, 0.717) is 12.0 Å². The fourth-order valence-corrected chi connectivity index (χ4v) is 2.37. The van der Waals surface area contributed by atoms with Gasteiger partial charge < -0.3 is 10.1 Å². The molecule has 1 aliphatic heterocycles. The third kappa shape index (κ3) is 2.34. The van der Waals surface area contributed by atoms with E-state index in [-0.39, 0.29) is 0 Å². The summed E-state index contributed by atoms with van der Waals surface area (Å²) >= 11 is 3.50. The maximum absolute atomic E-state index is 5.66. The third-order valence-electron chi connectivity index (χ3n) is 2.98. The monoisotopic (exact) mass is 269 g/mol. The molecule has 0 saturated heterocycles. The number of benzene rings is 1. The first kappa shape index (κ1) is 11.0. The minimum absolute atomic E-state index is 0.528. The summed E-state index contributed by atoms with van der Waals surface area (Å²) in [5.74, 6) is 1.58. The molecule has 0 bridgehead atoms. The van der Waals surface area contributed by atoms with Gasteiger partial charge in [0, 0.05) is 22.0 Å². The lowest BCUT2D eigenvalue weighted by Gasteiger charge is -2.14. The summed E-state index contributed by atoms with van der Waals surface area (Å²) in [7, 11) is 2.00. The zero-order valence-corrected chi connectivity index (χ0v) is 10.7. The molecule has 2 atom stereocenters. The normalized spacial score (nSPS) is 20.9. The molecule has 1 aromatic rings. The van der Waals surface area contributed by atoms with Crippen LogP contribution in [0.2, 0.25) is 0 Å². The number of nitrogens with one attached hydrogen (secondary N) is 1. The highest BCUT2D eigenvalue weighted by atomic mass is 79.9. The Hall–Kier alpha value is -0.540. The first-order valence-corrected chi connectivity index (χ1v) is 6.09. The Morgan fingerprint density at radius 2 is 2.40 bits per heavy atom. The number of ether oxygens (including phenoxy) is 1. The van der Waals surface area contributed by atoms with Crippen LogP contribution in [0.25, 0.3) is 0 Å². The van der Waals surface area contributed by atoms with Crippen LogP contribution >= 0.6 is 15.9 Å². The van der Waals surface area contributed by atoms with Crippen LogP contribution in [-0.2, 0) is 0 Å². The molecule has 2 rings (SSSR count). The molecule has 0 aromatic heterocycles. The molecule has 0 fully saturated rings. The molecular formula is C12H16BrNO. The molecule has 15 heavy (non-hydrogen) atoms. The van der Waals surface area contributed by atoms with E-state index in [1.54, 1.807) is 0 Å². The van der Waals surface area contributed by atoms with Gasteiger partial charge in [-0.1, -0.05) is 15.9 Å². The van der Waals surface area contributed by atoms with Crippen molar-refractivity contribution < 1.29 is 4.74 Å². The quantitative estimate of drug-likeness (QED) is 0.911. The molecular weight excluding hydrogens is 254 g/mol. The molecule has 0 radical (unpaired) electrons. The molecule has 1 aromatic carbocycles. The number of rotatable bonds is 3. The lowest BCUT2D eigenvalue weighted by atomic mass is 9.95. The van der Waals surface area contributed by atoms with Gasteiger partial charge in [0.25, 0.3) is 0 Å². The second-order valence-corrected chi connectivity index (χ2v) is 5.03. The van der Waals surface area contributed by atoms with Gasteiger partial charge in [0.05, 0.1) is 6.61 Å². The van der Waals surface area contributed by atoms with Crippen molar-refractivity contribution in [3.8, 4) is 5.75 Å². The molecule has 1 N–H and O–H groups in total. The van der Waals surface area contributed by atoms with E-state index in [1.807, 2.05) is 19.2 Å². The highest BCUT2D eigenvalue weighted by Gasteiger charge is 2.25. The Morgan fingerprint density at radius 1 is 1.60 bits per heavy atom. The smallest absolute Gasteiger partial charge is 0.123 e. The maximum atomic E-state index is 5.66. The standard InChI is InChI=1S/C12H16BrNO/c1-8(14-2)5-9-7-15-12-4-3-10(13)6-11(9)12/h3-4,6,8-9,14H,5,7H2,1-2H3.